The summed E-state index contributed by atoms with van der Waals surface area (Å²) in [5.74, 6) is 0.212. The van der Waals surface area contributed by atoms with Crippen LogP contribution in [0, 0.1) is 13.8 Å². The van der Waals surface area contributed by atoms with Crippen molar-refractivity contribution in [2.24, 2.45) is 0 Å². The Morgan fingerprint density at radius 1 is 1.13 bits per heavy atom. The SMILES string of the molecule is Cc1ccc(-c2nnn(CC(=O)N(C3CCCCC3)C(C)C(=O)NC(C)C)n2)cc1C. The Kier molecular flexibility index (Phi) is 7.41. The zero-order chi connectivity index (χ0) is 22.5. The monoisotopic (exact) mass is 426 g/mol. The Bertz CT molecular complexity index is 917. The van der Waals surface area contributed by atoms with Crippen LogP contribution in [0.15, 0.2) is 18.2 Å². The Labute approximate surface area is 184 Å². The van der Waals surface area contributed by atoms with Crippen molar-refractivity contribution in [3.8, 4) is 11.4 Å². The number of hydrogen-bond acceptors (Lipinski definition) is 5. The maximum absolute atomic E-state index is 13.3. The maximum atomic E-state index is 13.3. The molecule has 0 radical (unpaired) electrons. The minimum absolute atomic E-state index is 0.0239. The van der Waals surface area contributed by atoms with Crippen LogP contribution in [0.1, 0.15) is 64.0 Å². The number of hydrogen-bond donors (Lipinski definition) is 1. The average Bonchev–Trinajstić information content (AvgIpc) is 3.19. The van der Waals surface area contributed by atoms with Gasteiger partial charge in [0.15, 0.2) is 0 Å². The van der Waals surface area contributed by atoms with Gasteiger partial charge < -0.3 is 10.2 Å². The molecule has 31 heavy (non-hydrogen) atoms. The molecule has 1 saturated carbocycles. The second-order valence-electron chi connectivity index (χ2n) is 8.87. The molecule has 8 heteroatoms. The number of rotatable bonds is 7. The minimum atomic E-state index is -0.541. The van der Waals surface area contributed by atoms with Crippen molar-refractivity contribution in [1.82, 2.24) is 30.4 Å². The number of tetrazole rings is 1. The fourth-order valence-corrected chi connectivity index (χ4v) is 4.14. The topological polar surface area (TPSA) is 93.0 Å². The lowest BCUT2D eigenvalue weighted by Crippen LogP contribution is -2.54. The van der Waals surface area contributed by atoms with Gasteiger partial charge in [0.1, 0.15) is 12.6 Å². The molecule has 0 bridgehead atoms. The first-order valence-corrected chi connectivity index (χ1v) is 11.2. The second kappa shape index (κ2) is 10.0. The van der Waals surface area contributed by atoms with Gasteiger partial charge in [0.2, 0.25) is 17.6 Å². The number of amides is 2. The molecule has 1 aromatic carbocycles. The molecule has 8 nitrogen and oxygen atoms in total. The predicted molar refractivity (Wildman–Crippen MR) is 119 cm³/mol. The standard InChI is InChI=1S/C23H34N6O2/c1-15(2)24-23(31)18(5)29(20-9-7-6-8-10-20)21(30)14-28-26-22(25-27-28)19-12-11-16(3)17(4)13-19/h11-13,15,18,20H,6-10,14H2,1-5H3,(H,24,31). The average molecular weight is 427 g/mol. The summed E-state index contributed by atoms with van der Waals surface area (Å²) in [6.07, 6.45) is 5.17. The van der Waals surface area contributed by atoms with Gasteiger partial charge in [-0.05, 0) is 69.9 Å². The van der Waals surface area contributed by atoms with E-state index in [4.69, 9.17) is 0 Å². The van der Waals surface area contributed by atoms with Crippen LogP contribution in [0.4, 0.5) is 0 Å². The van der Waals surface area contributed by atoms with Gasteiger partial charge >= 0.3 is 0 Å². The molecule has 1 aliphatic carbocycles. The highest BCUT2D eigenvalue weighted by Crippen LogP contribution is 2.25. The molecule has 3 rings (SSSR count). The van der Waals surface area contributed by atoms with E-state index in [0.717, 1.165) is 36.8 Å². The normalized spacial score (nSPS) is 15.7. The molecule has 2 amide bonds. The lowest BCUT2D eigenvalue weighted by Gasteiger charge is -2.38. The summed E-state index contributed by atoms with van der Waals surface area (Å²) in [6, 6.07) is 5.55. The van der Waals surface area contributed by atoms with Crippen molar-refractivity contribution < 1.29 is 9.59 Å². The van der Waals surface area contributed by atoms with E-state index in [-0.39, 0.29) is 30.4 Å². The zero-order valence-corrected chi connectivity index (χ0v) is 19.3. The van der Waals surface area contributed by atoms with Gasteiger partial charge in [-0.25, -0.2) is 0 Å². The third-order valence-electron chi connectivity index (χ3n) is 5.98. The fourth-order valence-electron chi connectivity index (χ4n) is 4.14. The molecule has 1 aromatic heterocycles. The number of aryl methyl sites for hydroxylation is 2. The summed E-state index contributed by atoms with van der Waals surface area (Å²) < 4.78 is 0. The third-order valence-corrected chi connectivity index (χ3v) is 5.98. The van der Waals surface area contributed by atoms with Crippen LogP contribution >= 0.6 is 0 Å². The van der Waals surface area contributed by atoms with E-state index >= 15 is 0 Å². The molecule has 2 aromatic rings. The second-order valence-corrected chi connectivity index (χ2v) is 8.87. The molecule has 168 valence electrons. The third kappa shape index (κ3) is 5.68. The molecule has 0 spiro atoms. The van der Waals surface area contributed by atoms with Crippen LogP contribution in [0.2, 0.25) is 0 Å². The first kappa shape index (κ1) is 22.9. The Balaban J connectivity index is 1.77. The largest absolute Gasteiger partial charge is 0.352 e. The first-order valence-electron chi connectivity index (χ1n) is 11.2. The summed E-state index contributed by atoms with van der Waals surface area (Å²) >= 11 is 0. The van der Waals surface area contributed by atoms with Crippen LogP contribution in [-0.4, -0.2) is 55.0 Å². The van der Waals surface area contributed by atoms with Gasteiger partial charge in [0.25, 0.3) is 0 Å². The van der Waals surface area contributed by atoms with E-state index in [1.807, 2.05) is 39.0 Å². The van der Waals surface area contributed by atoms with E-state index < -0.39 is 6.04 Å². The van der Waals surface area contributed by atoms with E-state index in [0.29, 0.717) is 5.82 Å². The Morgan fingerprint density at radius 3 is 2.48 bits per heavy atom. The number of nitrogens with zero attached hydrogens (tertiary/aromatic N) is 5. The summed E-state index contributed by atoms with van der Waals surface area (Å²) in [5, 5.41) is 15.6. The van der Waals surface area contributed by atoms with E-state index in [9.17, 15) is 9.59 Å². The molecule has 1 heterocycles. The smallest absolute Gasteiger partial charge is 0.247 e. The highest BCUT2D eigenvalue weighted by molar-refractivity contribution is 5.87. The summed E-state index contributed by atoms with van der Waals surface area (Å²) in [7, 11) is 0. The molecule has 0 aliphatic heterocycles. The molecule has 1 atom stereocenters. The van der Waals surface area contributed by atoms with Crippen molar-refractivity contribution in [3.63, 3.8) is 0 Å². The van der Waals surface area contributed by atoms with Crippen LogP contribution in [0.5, 0.6) is 0 Å². The van der Waals surface area contributed by atoms with Gasteiger partial charge in [-0.2, -0.15) is 4.80 Å². The van der Waals surface area contributed by atoms with Gasteiger partial charge in [0.05, 0.1) is 0 Å². The van der Waals surface area contributed by atoms with Crippen molar-refractivity contribution in [2.75, 3.05) is 0 Å². The molecule has 1 fully saturated rings. The number of nitrogens with one attached hydrogen (secondary N) is 1. The summed E-state index contributed by atoms with van der Waals surface area (Å²) in [6.45, 7) is 9.71. The molecule has 1 N–H and O–H groups in total. The molecule has 1 aliphatic rings. The van der Waals surface area contributed by atoms with Crippen molar-refractivity contribution in [3.05, 3.63) is 29.3 Å². The lowest BCUT2D eigenvalue weighted by atomic mass is 9.93. The minimum Gasteiger partial charge on any atom is -0.352 e. The maximum Gasteiger partial charge on any atom is 0.247 e. The van der Waals surface area contributed by atoms with E-state index in [1.54, 1.807) is 11.8 Å². The highest BCUT2D eigenvalue weighted by Gasteiger charge is 2.33. The summed E-state index contributed by atoms with van der Waals surface area (Å²) in [4.78, 5) is 29.1. The van der Waals surface area contributed by atoms with Gasteiger partial charge in [-0.3, -0.25) is 9.59 Å². The highest BCUT2D eigenvalue weighted by atomic mass is 16.2. The van der Waals surface area contributed by atoms with Crippen LogP contribution in [0.3, 0.4) is 0 Å². The van der Waals surface area contributed by atoms with Gasteiger partial charge in [0, 0.05) is 17.6 Å². The molecular weight excluding hydrogens is 392 g/mol. The van der Waals surface area contributed by atoms with Crippen LogP contribution in [-0.2, 0) is 16.1 Å². The van der Waals surface area contributed by atoms with Crippen LogP contribution < -0.4 is 5.32 Å². The number of carbonyl (C=O) groups excluding carboxylic acids is 2. The van der Waals surface area contributed by atoms with E-state index in [1.165, 1.54) is 16.8 Å². The Hall–Kier alpha value is -2.77. The number of aromatic nitrogens is 4. The fraction of sp³-hybridized carbons (Fsp3) is 0.609. The van der Waals surface area contributed by atoms with Crippen molar-refractivity contribution in [1.29, 1.82) is 0 Å². The van der Waals surface area contributed by atoms with Gasteiger partial charge in [-0.1, -0.05) is 31.4 Å². The predicted octanol–water partition coefficient (Wildman–Crippen LogP) is 3.03. The van der Waals surface area contributed by atoms with Gasteiger partial charge in [-0.15, -0.1) is 10.2 Å². The number of carbonyl (C=O) groups is 2. The molecular formula is C23H34N6O2. The molecule has 0 saturated heterocycles. The Morgan fingerprint density at radius 2 is 1.84 bits per heavy atom. The van der Waals surface area contributed by atoms with Crippen molar-refractivity contribution in [2.45, 2.75) is 91.4 Å². The lowest BCUT2D eigenvalue weighted by molar-refractivity contribution is -0.144. The van der Waals surface area contributed by atoms with Crippen molar-refractivity contribution >= 4 is 11.8 Å². The zero-order valence-electron chi connectivity index (χ0n) is 19.3. The first-order chi connectivity index (χ1) is 14.8. The van der Waals surface area contributed by atoms with Crippen LogP contribution in [0.25, 0.3) is 11.4 Å². The van der Waals surface area contributed by atoms with E-state index in [2.05, 4.69) is 27.7 Å². The quantitative estimate of drug-likeness (QED) is 0.735. The molecule has 1 unspecified atom stereocenters. The summed E-state index contributed by atoms with van der Waals surface area (Å²) in [5.41, 5.74) is 3.22. The number of benzene rings is 1.